The van der Waals surface area contributed by atoms with Crippen LogP contribution in [0, 0.1) is 5.41 Å². The largest absolute Gasteiger partial charge is 0.444 e. The summed E-state index contributed by atoms with van der Waals surface area (Å²) in [5.74, 6) is 0.798. The molecule has 0 saturated heterocycles. The van der Waals surface area contributed by atoms with E-state index in [1.54, 1.807) is 6.20 Å². The van der Waals surface area contributed by atoms with Crippen LogP contribution < -0.4 is 5.32 Å². The summed E-state index contributed by atoms with van der Waals surface area (Å²) in [6.07, 6.45) is 3.17. The number of nitrogens with one attached hydrogen (secondary N) is 1. The van der Waals surface area contributed by atoms with Crippen molar-refractivity contribution in [2.24, 2.45) is 5.41 Å². The van der Waals surface area contributed by atoms with Crippen molar-refractivity contribution >= 4 is 5.69 Å². The summed E-state index contributed by atoms with van der Waals surface area (Å²) >= 11 is 0. The molecule has 0 aliphatic rings. The zero-order chi connectivity index (χ0) is 12.3. The van der Waals surface area contributed by atoms with E-state index < -0.39 is 0 Å². The molecule has 0 unspecified atom stereocenters. The fourth-order valence-corrected chi connectivity index (χ4v) is 1.48. The summed E-state index contributed by atoms with van der Waals surface area (Å²) in [5.41, 5.74) is 2.45. The van der Waals surface area contributed by atoms with Gasteiger partial charge in [-0.15, -0.1) is 0 Å². The van der Waals surface area contributed by atoms with Crippen molar-refractivity contribution in [2.75, 3.05) is 11.9 Å². The molecule has 3 nitrogen and oxygen atoms in total. The van der Waals surface area contributed by atoms with Gasteiger partial charge >= 0.3 is 0 Å². The number of anilines is 1. The van der Waals surface area contributed by atoms with Crippen LogP contribution in [-0.2, 0) is 0 Å². The first-order valence-electron chi connectivity index (χ1n) is 5.77. The van der Waals surface area contributed by atoms with Gasteiger partial charge in [-0.05, 0) is 29.7 Å². The summed E-state index contributed by atoms with van der Waals surface area (Å²) in [4.78, 5) is 3.91. The Morgan fingerprint density at radius 2 is 1.88 bits per heavy atom. The molecular formula is C14H18N2O. The first kappa shape index (κ1) is 11.7. The van der Waals surface area contributed by atoms with Gasteiger partial charge in [0.1, 0.15) is 0 Å². The number of hydrogen-bond donors (Lipinski definition) is 1. The molecular weight excluding hydrogens is 212 g/mol. The van der Waals surface area contributed by atoms with Crippen LogP contribution in [0.3, 0.4) is 0 Å². The number of oxazole rings is 1. The van der Waals surface area contributed by atoms with E-state index >= 15 is 0 Å². The smallest absolute Gasteiger partial charge is 0.181 e. The van der Waals surface area contributed by atoms with Crippen LogP contribution in [0.1, 0.15) is 20.8 Å². The van der Waals surface area contributed by atoms with E-state index in [9.17, 15) is 0 Å². The zero-order valence-electron chi connectivity index (χ0n) is 10.5. The third-order valence-corrected chi connectivity index (χ3v) is 2.42. The predicted octanol–water partition coefficient (Wildman–Crippen LogP) is 3.80. The fourth-order valence-electron chi connectivity index (χ4n) is 1.48. The molecule has 1 aromatic carbocycles. The second-order valence-electron chi connectivity index (χ2n) is 5.36. The molecule has 1 heterocycles. The first-order valence-corrected chi connectivity index (χ1v) is 5.77. The van der Waals surface area contributed by atoms with Gasteiger partial charge in [-0.25, -0.2) is 4.98 Å². The quantitative estimate of drug-likeness (QED) is 0.871. The van der Waals surface area contributed by atoms with E-state index in [1.165, 1.54) is 6.39 Å². The van der Waals surface area contributed by atoms with E-state index in [0.717, 1.165) is 23.6 Å². The Balaban J connectivity index is 2.04. The molecule has 0 aliphatic carbocycles. The molecule has 2 aromatic rings. The van der Waals surface area contributed by atoms with Gasteiger partial charge in [0.25, 0.3) is 0 Å². The van der Waals surface area contributed by atoms with Gasteiger partial charge in [0, 0.05) is 17.8 Å². The zero-order valence-corrected chi connectivity index (χ0v) is 10.5. The first-order chi connectivity index (χ1) is 8.04. The number of nitrogens with zero attached hydrogens (tertiary/aromatic N) is 1. The maximum absolute atomic E-state index is 5.24. The molecule has 2 rings (SSSR count). The van der Waals surface area contributed by atoms with E-state index in [-0.39, 0.29) is 5.41 Å². The number of hydrogen-bond acceptors (Lipinski definition) is 3. The molecule has 0 fully saturated rings. The molecule has 90 valence electrons. The molecule has 1 N–H and O–H groups in total. The van der Waals surface area contributed by atoms with Crippen LogP contribution in [-0.4, -0.2) is 11.5 Å². The van der Waals surface area contributed by atoms with Crippen molar-refractivity contribution in [1.82, 2.24) is 4.98 Å². The summed E-state index contributed by atoms with van der Waals surface area (Å²) < 4.78 is 5.24. The van der Waals surface area contributed by atoms with Crippen molar-refractivity contribution in [3.63, 3.8) is 0 Å². The molecule has 0 atom stereocenters. The second-order valence-corrected chi connectivity index (χ2v) is 5.36. The summed E-state index contributed by atoms with van der Waals surface area (Å²) in [6.45, 7) is 7.59. The Kier molecular flexibility index (Phi) is 3.18. The van der Waals surface area contributed by atoms with Crippen molar-refractivity contribution in [3.05, 3.63) is 36.9 Å². The van der Waals surface area contributed by atoms with Crippen LogP contribution in [0.5, 0.6) is 0 Å². The molecule has 3 heteroatoms. The molecule has 1 aromatic heterocycles. The summed E-state index contributed by atoms with van der Waals surface area (Å²) in [6, 6.07) is 8.18. The number of benzene rings is 1. The maximum atomic E-state index is 5.24. The van der Waals surface area contributed by atoms with Gasteiger partial charge in [-0.2, -0.15) is 0 Å². The maximum Gasteiger partial charge on any atom is 0.181 e. The highest BCUT2D eigenvalue weighted by Gasteiger charge is 2.09. The SMILES string of the molecule is CC(C)(C)CNc1ccc(-c2cnco2)cc1. The van der Waals surface area contributed by atoms with Gasteiger partial charge in [0.15, 0.2) is 12.2 Å². The highest BCUT2D eigenvalue weighted by atomic mass is 16.3. The molecule has 0 spiro atoms. The molecule has 0 amide bonds. The number of aromatic nitrogens is 1. The summed E-state index contributed by atoms with van der Waals surface area (Å²) in [5, 5.41) is 3.41. The minimum absolute atomic E-state index is 0.281. The Morgan fingerprint density at radius 3 is 2.41 bits per heavy atom. The average molecular weight is 230 g/mol. The Morgan fingerprint density at radius 1 is 1.18 bits per heavy atom. The summed E-state index contributed by atoms with van der Waals surface area (Å²) in [7, 11) is 0. The van der Waals surface area contributed by atoms with Crippen LogP contribution in [0.2, 0.25) is 0 Å². The second kappa shape index (κ2) is 4.62. The molecule has 0 aliphatic heterocycles. The van der Waals surface area contributed by atoms with Gasteiger partial charge in [-0.1, -0.05) is 20.8 Å². The van der Waals surface area contributed by atoms with Gasteiger partial charge in [0.05, 0.1) is 6.20 Å². The lowest BCUT2D eigenvalue weighted by atomic mass is 9.97. The van der Waals surface area contributed by atoms with Gasteiger partial charge in [-0.3, -0.25) is 0 Å². The highest BCUT2D eigenvalue weighted by Crippen LogP contribution is 2.21. The lowest BCUT2D eigenvalue weighted by Gasteiger charge is -2.19. The van der Waals surface area contributed by atoms with Crippen molar-refractivity contribution in [1.29, 1.82) is 0 Å². The van der Waals surface area contributed by atoms with Crippen LogP contribution in [0.4, 0.5) is 5.69 Å². The third kappa shape index (κ3) is 3.34. The van der Waals surface area contributed by atoms with Crippen molar-refractivity contribution in [3.8, 4) is 11.3 Å². The van der Waals surface area contributed by atoms with E-state index in [4.69, 9.17) is 4.42 Å². The monoisotopic (exact) mass is 230 g/mol. The highest BCUT2D eigenvalue weighted by molar-refractivity contribution is 5.60. The normalized spacial score (nSPS) is 11.5. The van der Waals surface area contributed by atoms with Gasteiger partial charge < -0.3 is 9.73 Å². The van der Waals surface area contributed by atoms with Crippen molar-refractivity contribution < 1.29 is 4.42 Å². The Hall–Kier alpha value is -1.77. The van der Waals surface area contributed by atoms with Gasteiger partial charge in [0.2, 0.25) is 0 Å². The average Bonchev–Trinajstić information content (AvgIpc) is 2.79. The predicted molar refractivity (Wildman–Crippen MR) is 69.9 cm³/mol. The van der Waals surface area contributed by atoms with Crippen molar-refractivity contribution in [2.45, 2.75) is 20.8 Å². The topological polar surface area (TPSA) is 38.1 Å². The van der Waals surface area contributed by atoms with Crippen LogP contribution in [0.15, 0.2) is 41.3 Å². The molecule has 0 bridgehead atoms. The Bertz CT molecular complexity index is 452. The van der Waals surface area contributed by atoms with E-state index in [0.29, 0.717) is 0 Å². The van der Waals surface area contributed by atoms with Crippen LogP contribution in [0.25, 0.3) is 11.3 Å². The minimum atomic E-state index is 0.281. The third-order valence-electron chi connectivity index (χ3n) is 2.42. The van der Waals surface area contributed by atoms with E-state index in [1.807, 2.05) is 12.1 Å². The lowest BCUT2D eigenvalue weighted by molar-refractivity contribution is 0.443. The molecule has 17 heavy (non-hydrogen) atoms. The molecule has 0 radical (unpaired) electrons. The minimum Gasteiger partial charge on any atom is -0.444 e. The lowest BCUT2D eigenvalue weighted by Crippen LogP contribution is -2.18. The molecule has 0 saturated carbocycles. The standard InChI is InChI=1S/C14H18N2O/c1-14(2,3)9-16-12-6-4-11(5-7-12)13-8-15-10-17-13/h4-8,10,16H,9H2,1-3H3. The Labute approximate surface area is 102 Å². The van der Waals surface area contributed by atoms with E-state index in [2.05, 4.69) is 43.2 Å². The van der Waals surface area contributed by atoms with Crippen LogP contribution >= 0.6 is 0 Å². The fraction of sp³-hybridized carbons (Fsp3) is 0.357. The number of rotatable bonds is 3.